The first-order chi connectivity index (χ1) is 7.70. The number of carbonyl (C=O) groups is 1. The molecule has 2 rings (SSSR count). The van der Waals surface area contributed by atoms with Gasteiger partial charge in [0.05, 0.1) is 0 Å². The van der Waals surface area contributed by atoms with E-state index < -0.39 is 18.1 Å². The lowest BCUT2D eigenvalue weighted by Gasteiger charge is -2.18. The maximum Gasteiger partial charge on any atom is 0.338 e. The van der Waals surface area contributed by atoms with Crippen LogP contribution in [0.15, 0.2) is 24.3 Å². The van der Waals surface area contributed by atoms with Crippen LogP contribution in [-0.4, -0.2) is 23.8 Å². The molecular weight excluding hydrogens is 209 g/mol. The Balaban J connectivity index is 2.36. The standard InChI is InChI=1S/C12H14FNO2/c13-11(12(15)16)9-5-3-7-14-10-6-2-1-4-8(9)10/h1-2,4,6,9,11,14H,3,5,7H2,(H,15,16). The van der Waals surface area contributed by atoms with Crippen LogP contribution in [0.5, 0.6) is 0 Å². The maximum atomic E-state index is 13.6. The molecule has 16 heavy (non-hydrogen) atoms. The second-order valence-corrected chi connectivity index (χ2v) is 4.00. The average molecular weight is 223 g/mol. The van der Waals surface area contributed by atoms with E-state index in [1.165, 1.54) is 0 Å². The summed E-state index contributed by atoms with van der Waals surface area (Å²) in [4.78, 5) is 10.7. The van der Waals surface area contributed by atoms with Gasteiger partial charge in [0.25, 0.3) is 0 Å². The lowest BCUT2D eigenvalue weighted by atomic mass is 9.90. The zero-order valence-corrected chi connectivity index (χ0v) is 8.82. The van der Waals surface area contributed by atoms with E-state index in [9.17, 15) is 9.18 Å². The van der Waals surface area contributed by atoms with E-state index in [4.69, 9.17) is 5.11 Å². The molecule has 1 aliphatic rings. The number of aliphatic carboxylic acids is 1. The molecule has 2 N–H and O–H groups in total. The molecule has 2 atom stereocenters. The van der Waals surface area contributed by atoms with Gasteiger partial charge in [0, 0.05) is 18.2 Å². The number of fused-ring (bicyclic) bond motifs is 1. The summed E-state index contributed by atoms with van der Waals surface area (Å²) in [6.45, 7) is 0.764. The quantitative estimate of drug-likeness (QED) is 0.809. The average Bonchev–Trinajstić information content (AvgIpc) is 2.50. The largest absolute Gasteiger partial charge is 0.479 e. The Hall–Kier alpha value is -1.58. The molecule has 0 radical (unpaired) electrons. The Kier molecular flexibility index (Phi) is 3.08. The summed E-state index contributed by atoms with van der Waals surface area (Å²) < 4.78 is 13.6. The molecule has 1 heterocycles. The van der Waals surface area contributed by atoms with Crippen molar-refractivity contribution in [3.05, 3.63) is 29.8 Å². The van der Waals surface area contributed by atoms with Gasteiger partial charge in [-0.1, -0.05) is 18.2 Å². The normalized spacial score (nSPS) is 21.4. The molecule has 3 nitrogen and oxygen atoms in total. The number of carboxylic acids is 1. The smallest absolute Gasteiger partial charge is 0.338 e. The number of anilines is 1. The van der Waals surface area contributed by atoms with Gasteiger partial charge < -0.3 is 10.4 Å². The number of para-hydroxylation sites is 1. The summed E-state index contributed by atoms with van der Waals surface area (Å²) in [5.41, 5.74) is 1.63. The summed E-state index contributed by atoms with van der Waals surface area (Å²) in [5.74, 6) is -1.91. The highest BCUT2D eigenvalue weighted by Crippen LogP contribution is 2.34. The van der Waals surface area contributed by atoms with Gasteiger partial charge in [0.15, 0.2) is 0 Å². The number of alkyl halides is 1. The fraction of sp³-hybridized carbons (Fsp3) is 0.417. The van der Waals surface area contributed by atoms with Crippen LogP contribution in [0.3, 0.4) is 0 Å². The summed E-state index contributed by atoms with van der Waals surface area (Å²) in [5, 5.41) is 11.9. The SMILES string of the molecule is O=C(O)C(F)C1CCCNc2ccccc21. The van der Waals surface area contributed by atoms with Crippen molar-refractivity contribution >= 4 is 11.7 Å². The predicted octanol–water partition coefficient (Wildman–Crippen LogP) is 2.40. The molecule has 0 fully saturated rings. The van der Waals surface area contributed by atoms with E-state index in [-0.39, 0.29) is 0 Å². The third kappa shape index (κ3) is 2.01. The van der Waals surface area contributed by atoms with Crippen LogP contribution < -0.4 is 5.32 Å². The molecule has 0 amide bonds. The van der Waals surface area contributed by atoms with Gasteiger partial charge in [-0.2, -0.15) is 0 Å². The van der Waals surface area contributed by atoms with Crippen molar-refractivity contribution < 1.29 is 14.3 Å². The number of benzene rings is 1. The highest BCUT2D eigenvalue weighted by atomic mass is 19.1. The summed E-state index contributed by atoms with van der Waals surface area (Å²) >= 11 is 0. The molecule has 4 heteroatoms. The molecule has 2 unspecified atom stereocenters. The Bertz CT molecular complexity index is 394. The Morgan fingerprint density at radius 3 is 3.00 bits per heavy atom. The first-order valence-corrected chi connectivity index (χ1v) is 5.40. The van der Waals surface area contributed by atoms with E-state index in [0.717, 1.165) is 24.2 Å². The molecule has 1 aliphatic heterocycles. The van der Waals surface area contributed by atoms with E-state index in [1.54, 1.807) is 6.07 Å². The topological polar surface area (TPSA) is 49.3 Å². The first-order valence-electron chi connectivity index (χ1n) is 5.40. The monoisotopic (exact) mass is 223 g/mol. The number of nitrogens with one attached hydrogen (secondary N) is 1. The fourth-order valence-corrected chi connectivity index (χ4v) is 2.16. The van der Waals surface area contributed by atoms with E-state index in [0.29, 0.717) is 6.42 Å². The Morgan fingerprint density at radius 2 is 2.25 bits per heavy atom. The van der Waals surface area contributed by atoms with Crippen LogP contribution >= 0.6 is 0 Å². The van der Waals surface area contributed by atoms with Crippen LogP contribution in [0.2, 0.25) is 0 Å². The van der Waals surface area contributed by atoms with Crippen molar-refractivity contribution in [2.45, 2.75) is 24.9 Å². The molecule has 1 aromatic rings. The summed E-state index contributed by atoms with van der Waals surface area (Å²) in [6, 6.07) is 7.34. The molecule has 0 aromatic heterocycles. The fourth-order valence-electron chi connectivity index (χ4n) is 2.16. The van der Waals surface area contributed by atoms with Crippen LogP contribution in [-0.2, 0) is 4.79 Å². The lowest BCUT2D eigenvalue weighted by Crippen LogP contribution is -2.23. The molecular formula is C12H14FNO2. The molecule has 0 aliphatic carbocycles. The third-order valence-electron chi connectivity index (χ3n) is 2.96. The van der Waals surface area contributed by atoms with Gasteiger partial charge in [-0.3, -0.25) is 0 Å². The number of halogens is 1. The van der Waals surface area contributed by atoms with Gasteiger partial charge in [-0.25, -0.2) is 9.18 Å². The highest BCUT2D eigenvalue weighted by Gasteiger charge is 2.31. The zero-order chi connectivity index (χ0) is 11.5. The Labute approximate surface area is 93.3 Å². The van der Waals surface area contributed by atoms with Crippen molar-refractivity contribution in [3.8, 4) is 0 Å². The van der Waals surface area contributed by atoms with Crippen LogP contribution in [0, 0.1) is 0 Å². The highest BCUT2D eigenvalue weighted by molar-refractivity contribution is 5.74. The van der Waals surface area contributed by atoms with Gasteiger partial charge in [-0.05, 0) is 24.5 Å². The molecule has 0 spiro atoms. The van der Waals surface area contributed by atoms with Crippen molar-refractivity contribution in [2.75, 3.05) is 11.9 Å². The van der Waals surface area contributed by atoms with Gasteiger partial charge in [-0.15, -0.1) is 0 Å². The lowest BCUT2D eigenvalue weighted by molar-refractivity contribution is -0.143. The van der Waals surface area contributed by atoms with Crippen molar-refractivity contribution in [2.24, 2.45) is 0 Å². The molecule has 0 bridgehead atoms. The Morgan fingerprint density at radius 1 is 1.50 bits per heavy atom. The summed E-state index contributed by atoms with van der Waals surface area (Å²) in [6.07, 6.45) is -0.467. The van der Waals surface area contributed by atoms with Gasteiger partial charge in [0.2, 0.25) is 6.17 Å². The van der Waals surface area contributed by atoms with E-state index in [1.807, 2.05) is 18.2 Å². The predicted molar refractivity (Wildman–Crippen MR) is 59.4 cm³/mol. The van der Waals surface area contributed by atoms with Gasteiger partial charge >= 0.3 is 5.97 Å². The van der Waals surface area contributed by atoms with Crippen LogP contribution in [0.25, 0.3) is 0 Å². The molecule has 0 saturated heterocycles. The number of hydrogen-bond donors (Lipinski definition) is 2. The second kappa shape index (κ2) is 4.51. The van der Waals surface area contributed by atoms with E-state index >= 15 is 0 Å². The number of carboxylic acid groups (broad SMARTS) is 1. The van der Waals surface area contributed by atoms with E-state index in [2.05, 4.69) is 5.32 Å². The minimum atomic E-state index is -1.82. The molecule has 0 saturated carbocycles. The van der Waals surface area contributed by atoms with Gasteiger partial charge in [0.1, 0.15) is 0 Å². The zero-order valence-electron chi connectivity index (χ0n) is 8.82. The third-order valence-corrected chi connectivity index (χ3v) is 2.96. The number of rotatable bonds is 2. The molecule has 1 aromatic carbocycles. The van der Waals surface area contributed by atoms with Crippen LogP contribution in [0.1, 0.15) is 24.3 Å². The minimum Gasteiger partial charge on any atom is -0.479 e. The van der Waals surface area contributed by atoms with Crippen LogP contribution in [0.4, 0.5) is 10.1 Å². The van der Waals surface area contributed by atoms with Crippen molar-refractivity contribution in [1.29, 1.82) is 0 Å². The van der Waals surface area contributed by atoms with Crippen molar-refractivity contribution in [3.63, 3.8) is 0 Å². The summed E-state index contributed by atoms with van der Waals surface area (Å²) in [7, 11) is 0. The minimum absolute atomic E-state index is 0.538. The first kappa shape index (κ1) is 10.9. The van der Waals surface area contributed by atoms with Crippen molar-refractivity contribution in [1.82, 2.24) is 0 Å². The maximum absolute atomic E-state index is 13.6. The molecule has 86 valence electrons. The number of hydrogen-bond acceptors (Lipinski definition) is 2. The second-order valence-electron chi connectivity index (χ2n) is 4.00.